The van der Waals surface area contributed by atoms with Gasteiger partial charge in [0.2, 0.25) is 0 Å². The number of Topliss-reactive ketones (excluding diaryl/α,β-unsaturated/α-hetero) is 1. The van der Waals surface area contributed by atoms with Gasteiger partial charge in [-0.1, -0.05) is 0 Å². The topological polar surface area (TPSA) is 207 Å². The van der Waals surface area contributed by atoms with Gasteiger partial charge in [0.25, 0.3) is 0 Å². The van der Waals surface area contributed by atoms with Gasteiger partial charge in [-0.05, 0) is 6.92 Å². The van der Waals surface area contributed by atoms with Crippen LogP contribution in [0.3, 0.4) is 0 Å². The summed E-state index contributed by atoms with van der Waals surface area (Å²) in [5.74, 6) is -6.70. The molecule has 0 aromatic rings. The van der Waals surface area contributed by atoms with Crippen molar-refractivity contribution in [1.29, 1.82) is 0 Å². The van der Waals surface area contributed by atoms with E-state index in [-0.39, 0.29) is 0 Å². The Kier molecular flexibility index (Phi) is 9.31. The highest BCUT2D eigenvalue weighted by Crippen LogP contribution is 2.15. The zero-order valence-corrected chi connectivity index (χ0v) is 11.4. The van der Waals surface area contributed by atoms with E-state index in [1.54, 1.807) is 0 Å². The second-order valence-corrected chi connectivity index (χ2v) is 4.20. The molecule has 0 aliphatic heterocycles. The standard InChI is InChI=1S/C6H8O7.C5H8O4/c7-3(8)1-6(13,5(11)12)2-4(9)10;1-3(6)4(7)2-5(8)9/h13H,1-2H2,(H,7,8)(H,9,10)(H,11,12);4,7H,2H2,1H3,(H,8,9). The molecule has 0 saturated carbocycles. The fraction of sp³-hybridized carbons (Fsp3) is 0.545. The normalized spacial score (nSPS) is 11.6. The Bertz CT molecular complexity index is 437. The summed E-state index contributed by atoms with van der Waals surface area (Å²) in [7, 11) is 0. The van der Waals surface area contributed by atoms with Crippen molar-refractivity contribution in [3.8, 4) is 0 Å². The van der Waals surface area contributed by atoms with E-state index in [0.717, 1.165) is 6.92 Å². The van der Waals surface area contributed by atoms with Gasteiger partial charge in [0.05, 0.1) is 19.3 Å². The third-order valence-corrected chi connectivity index (χ3v) is 2.12. The molecule has 1 atom stereocenters. The van der Waals surface area contributed by atoms with Crippen LogP contribution in [-0.2, 0) is 24.0 Å². The van der Waals surface area contributed by atoms with Gasteiger partial charge in [-0.25, -0.2) is 4.79 Å². The molecule has 0 amide bonds. The lowest BCUT2D eigenvalue weighted by molar-refractivity contribution is -0.170. The number of hydrogen-bond acceptors (Lipinski definition) is 7. The number of ketones is 1. The molecule has 0 spiro atoms. The van der Waals surface area contributed by atoms with Crippen LogP contribution in [0, 0.1) is 0 Å². The van der Waals surface area contributed by atoms with Crippen LogP contribution in [0.25, 0.3) is 0 Å². The number of carbonyl (C=O) groups excluding carboxylic acids is 1. The maximum Gasteiger partial charge on any atom is 0.336 e. The van der Waals surface area contributed by atoms with Crippen LogP contribution < -0.4 is 0 Å². The lowest BCUT2D eigenvalue weighted by atomic mass is 9.96. The summed E-state index contributed by atoms with van der Waals surface area (Å²) in [6.45, 7) is 1.15. The Morgan fingerprint density at radius 1 is 0.864 bits per heavy atom. The molecule has 0 aliphatic carbocycles. The quantitative estimate of drug-likeness (QED) is 0.292. The fourth-order valence-corrected chi connectivity index (χ4v) is 1.02. The molecule has 0 rings (SSSR count). The van der Waals surface area contributed by atoms with Crippen LogP contribution in [-0.4, -0.2) is 72.0 Å². The molecule has 1 unspecified atom stereocenters. The average Bonchev–Trinajstić information content (AvgIpc) is 2.25. The molecule has 0 aromatic heterocycles. The van der Waals surface area contributed by atoms with Crippen molar-refractivity contribution >= 4 is 29.7 Å². The van der Waals surface area contributed by atoms with Crippen LogP contribution in [0.2, 0.25) is 0 Å². The molecule has 0 bridgehead atoms. The predicted octanol–water partition coefficient (Wildman–Crippen LogP) is -1.84. The van der Waals surface area contributed by atoms with E-state index < -0.39 is 60.6 Å². The first-order chi connectivity index (χ1) is 9.81. The van der Waals surface area contributed by atoms with E-state index in [9.17, 15) is 24.0 Å². The van der Waals surface area contributed by atoms with Crippen molar-refractivity contribution < 1.29 is 54.6 Å². The van der Waals surface area contributed by atoms with E-state index in [2.05, 4.69) is 0 Å². The minimum Gasteiger partial charge on any atom is -0.481 e. The van der Waals surface area contributed by atoms with E-state index >= 15 is 0 Å². The molecule has 126 valence electrons. The Labute approximate surface area is 123 Å². The maximum atomic E-state index is 10.3. The minimum absolute atomic E-state index is 0.505. The second kappa shape index (κ2) is 9.41. The predicted molar refractivity (Wildman–Crippen MR) is 66.0 cm³/mol. The van der Waals surface area contributed by atoms with Gasteiger partial charge in [-0.15, -0.1) is 0 Å². The van der Waals surface area contributed by atoms with Gasteiger partial charge < -0.3 is 30.6 Å². The van der Waals surface area contributed by atoms with Gasteiger partial charge in [0.1, 0.15) is 6.10 Å². The Balaban J connectivity index is 0. The smallest absolute Gasteiger partial charge is 0.336 e. The second-order valence-electron chi connectivity index (χ2n) is 4.20. The minimum atomic E-state index is -2.74. The molecule has 0 saturated heterocycles. The zero-order valence-electron chi connectivity index (χ0n) is 11.4. The molecule has 22 heavy (non-hydrogen) atoms. The number of aliphatic hydroxyl groups excluding tert-OH is 1. The van der Waals surface area contributed by atoms with Crippen LogP contribution >= 0.6 is 0 Å². The third kappa shape index (κ3) is 10.3. The number of aliphatic carboxylic acids is 4. The van der Waals surface area contributed by atoms with E-state index in [0.29, 0.717) is 0 Å². The first kappa shape index (κ1) is 21.8. The number of carbonyl (C=O) groups is 5. The summed E-state index contributed by atoms with van der Waals surface area (Å²) in [6, 6.07) is 0. The summed E-state index contributed by atoms with van der Waals surface area (Å²) in [5.41, 5.74) is -2.74. The van der Waals surface area contributed by atoms with Crippen LogP contribution in [0.1, 0.15) is 26.2 Å². The van der Waals surface area contributed by atoms with Crippen LogP contribution in [0.5, 0.6) is 0 Å². The highest BCUT2D eigenvalue weighted by molar-refractivity contribution is 5.88. The van der Waals surface area contributed by atoms with Crippen LogP contribution in [0.4, 0.5) is 0 Å². The average molecular weight is 324 g/mol. The molecular formula is C11H16O11. The molecule has 0 fully saturated rings. The highest BCUT2D eigenvalue weighted by atomic mass is 16.4. The van der Waals surface area contributed by atoms with E-state index in [1.807, 2.05) is 0 Å². The third-order valence-electron chi connectivity index (χ3n) is 2.12. The summed E-state index contributed by atoms with van der Waals surface area (Å²) in [6.07, 6.45) is -4.14. The summed E-state index contributed by atoms with van der Waals surface area (Å²) in [4.78, 5) is 50.5. The summed E-state index contributed by atoms with van der Waals surface area (Å²) >= 11 is 0. The molecule has 0 radical (unpaired) electrons. The number of carboxylic acids is 4. The molecule has 11 heteroatoms. The maximum absolute atomic E-state index is 10.3. The Hall–Kier alpha value is -2.53. The first-order valence-corrected chi connectivity index (χ1v) is 5.61. The fourth-order valence-electron chi connectivity index (χ4n) is 1.02. The van der Waals surface area contributed by atoms with Crippen molar-refractivity contribution in [2.24, 2.45) is 0 Å². The van der Waals surface area contributed by atoms with Crippen molar-refractivity contribution in [3.63, 3.8) is 0 Å². The van der Waals surface area contributed by atoms with Gasteiger partial charge in [0, 0.05) is 0 Å². The Morgan fingerprint density at radius 2 is 1.23 bits per heavy atom. The largest absolute Gasteiger partial charge is 0.481 e. The van der Waals surface area contributed by atoms with E-state index in [4.69, 9.17) is 30.6 Å². The molecule has 0 heterocycles. The monoisotopic (exact) mass is 324 g/mol. The molecule has 11 nitrogen and oxygen atoms in total. The van der Waals surface area contributed by atoms with Gasteiger partial charge in [0.15, 0.2) is 11.4 Å². The Morgan fingerprint density at radius 3 is 1.36 bits per heavy atom. The number of rotatable bonds is 8. The summed E-state index contributed by atoms with van der Waals surface area (Å²) < 4.78 is 0. The lowest BCUT2D eigenvalue weighted by Gasteiger charge is -2.18. The number of carboxylic acid groups (broad SMARTS) is 4. The molecule has 0 aromatic carbocycles. The zero-order chi connectivity index (χ0) is 18.1. The highest BCUT2D eigenvalue weighted by Gasteiger charge is 2.40. The van der Waals surface area contributed by atoms with Crippen molar-refractivity contribution in [3.05, 3.63) is 0 Å². The molecule has 6 N–H and O–H groups in total. The van der Waals surface area contributed by atoms with Crippen molar-refractivity contribution in [2.45, 2.75) is 37.9 Å². The summed E-state index contributed by atoms with van der Waals surface area (Å²) in [5, 5.41) is 50.4. The number of hydrogen-bond donors (Lipinski definition) is 6. The van der Waals surface area contributed by atoms with Gasteiger partial charge >= 0.3 is 23.9 Å². The van der Waals surface area contributed by atoms with Gasteiger partial charge in [-0.3, -0.25) is 19.2 Å². The molecular weight excluding hydrogens is 308 g/mol. The van der Waals surface area contributed by atoms with Crippen molar-refractivity contribution in [1.82, 2.24) is 0 Å². The van der Waals surface area contributed by atoms with Crippen molar-refractivity contribution in [2.75, 3.05) is 0 Å². The SMILES string of the molecule is CC(=O)C(O)CC(=O)O.O=C(O)CC(O)(CC(=O)O)C(=O)O. The number of aliphatic hydroxyl groups is 2. The van der Waals surface area contributed by atoms with Crippen LogP contribution in [0.15, 0.2) is 0 Å². The van der Waals surface area contributed by atoms with Gasteiger partial charge in [-0.2, -0.15) is 0 Å². The van der Waals surface area contributed by atoms with E-state index in [1.165, 1.54) is 0 Å². The molecule has 0 aliphatic rings. The lowest BCUT2D eigenvalue weighted by Crippen LogP contribution is -2.42. The first-order valence-electron chi connectivity index (χ1n) is 5.61.